The van der Waals surface area contributed by atoms with E-state index in [2.05, 4.69) is 10.6 Å². The molecule has 6 heteroatoms. The predicted molar refractivity (Wildman–Crippen MR) is 108 cm³/mol. The van der Waals surface area contributed by atoms with E-state index in [0.717, 1.165) is 42.7 Å². The molecule has 148 valence electrons. The molecule has 1 saturated heterocycles. The Hall–Kier alpha value is -1.75. The van der Waals surface area contributed by atoms with Crippen molar-refractivity contribution in [3.8, 4) is 0 Å². The van der Waals surface area contributed by atoms with Gasteiger partial charge in [-0.05, 0) is 49.8 Å². The fourth-order valence-electron chi connectivity index (χ4n) is 3.99. The predicted octanol–water partition coefficient (Wildman–Crippen LogP) is 3.75. The van der Waals surface area contributed by atoms with Gasteiger partial charge in [0.1, 0.15) is 0 Å². The number of carbonyl (C=O) groups is 2. The third-order valence-corrected chi connectivity index (χ3v) is 5.96. The first-order chi connectivity index (χ1) is 13.1. The van der Waals surface area contributed by atoms with Crippen LogP contribution in [0.5, 0.6) is 0 Å². The Balaban J connectivity index is 1.33. The molecule has 0 bridgehead atoms. The van der Waals surface area contributed by atoms with Gasteiger partial charge in [0.05, 0.1) is 0 Å². The van der Waals surface area contributed by atoms with Crippen LogP contribution < -0.4 is 10.6 Å². The van der Waals surface area contributed by atoms with Gasteiger partial charge in [0.15, 0.2) is 0 Å². The standard InChI is InChI=1S/C21H30ClN3O2/c22-18-8-6-16(7-9-18)10-13-23-21(27)25-14-11-19(12-15-25)24-20(26)17-4-2-1-3-5-17/h6-9,17,19H,1-5,10-15H2,(H,23,27)(H,24,26). The van der Waals surface area contributed by atoms with E-state index >= 15 is 0 Å². The SMILES string of the molecule is O=C(NC1CCN(C(=O)NCCc2ccc(Cl)cc2)CC1)C1CCCCC1. The molecule has 1 aliphatic carbocycles. The minimum atomic E-state index is -0.0129. The van der Waals surface area contributed by atoms with Gasteiger partial charge in [0.25, 0.3) is 0 Å². The smallest absolute Gasteiger partial charge is 0.317 e. The van der Waals surface area contributed by atoms with Crippen LogP contribution in [0.2, 0.25) is 5.02 Å². The Morgan fingerprint density at radius 1 is 1.00 bits per heavy atom. The Labute approximate surface area is 166 Å². The molecular formula is C21H30ClN3O2. The third kappa shape index (κ3) is 6.13. The average molecular weight is 392 g/mol. The van der Waals surface area contributed by atoms with Crippen LogP contribution in [0, 0.1) is 5.92 Å². The van der Waals surface area contributed by atoms with Crippen molar-refractivity contribution in [3.63, 3.8) is 0 Å². The zero-order valence-electron chi connectivity index (χ0n) is 15.9. The van der Waals surface area contributed by atoms with Crippen molar-refractivity contribution in [3.05, 3.63) is 34.9 Å². The highest BCUT2D eigenvalue weighted by Gasteiger charge is 2.27. The second kappa shape index (κ2) is 9.98. The summed E-state index contributed by atoms with van der Waals surface area (Å²) in [5, 5.41) is 6.92. The zero-order valence-corrected chi connectivity index (χ0v) is 16.6. The molecule has 1 aromatic rings. The molecule has 2 aliphatic rings. The van der Waals surface area contributed by atoms with Crippen LogP contribution in [0.1, 0.15) is 50.5 Å². The Kier molecular flexibility index (Phi) is 7.39. The van der Waals surface area contributed by atoms with Gasteiger partial charge >= 0.3 is 6.03 Å². The summed E-state index contributed by atoms with van der Waals surface area (Å²) in [5.41, 5.74) is 1.16. The van der Waals surface area contributed by atoms with Crippen molar-refractivity contribution < 1.29 is 9.59 Å². The van der Waals surface area contributed by atoms with Crippen LogP contribution in [0.4, 0.5) is 4.79 Å². The zero-order chi connectivity index (χ0) is 19.1. The van der Waals surface area contributed by atoms with Gasteiger partial charge in [-0.15, -0.1) is 0 Å². The molecule has 1 saturated carbocycles. The van der Waals surface area contributed by atoms with Gasteiger partial charge in [0, 0.05) is 36.6 Å². The number of urea groups is 1. The summed E-state index contributed by atoms with van der Waals surface area (Å²) < 4.78 is 0. The highest BCUT2D eigenvalue weighted by atomic mass is 35.5. The number of hydrogen-bond donors (Lipinski definition) is 2. The van der Waals surface area contributed by atoms with Crippen molar-refractivity contribution in [2.45, 2.75) is 57.4 Å². The average Bonchev–Trinajstić information content (AvgIpc) is 2.70. The van der Waals surface area contributed by atoms with Crippen molar-refractivity contribution >= 4 is 23.5 Å². The number of benzene rings is 1. The lowest BCUT2D eigenvalue weighted by atomic mass is 9.88. The molecule has 3 rings (SSSR count). The highest BCUT2D eigenvalue weighted by Crippen LogP contribution is 2.24. The highest BCUT2D eigenvalue weighted by molar-refractivity contribution is 6.30. The Morgan fingerprint density at radius 3 is 2.33 bits per heavy atom. The quantitative estimate of drug-likeness (QED) is 0.802. The molecule has 27 heavy (non-hydrogen) atoms. The number of hydrogen-bond acceptors (Lipinski definition) is 2. The van der Waals surface area contributed by atoms with E-state index in [4.69, 9.17) is 11.6 Å². The first-order valence-electron chi connectivity index (χ1n) is 10.2. The lowest BCUT2D eigenvalue weighted by molar-refractivity contribution is -0.126. The first-order valence-corrected chi connectivity index (χ1v) is 10.6. The number of carbonyl (C=O) groups excluding carboxylic acids is 2. The van der Waals surface area contributed by atoms with E-state index in [1.165, 1.54) is 19.3 Å². The van der Waals surface area contributed by atoms with Gasteiger partial charge in [-0.3, -0.25) is 4.79 Å². The van der Waals surface area contributed by atoms with Crippen LogP contribution in [-0.4, -0.2) is 42.5 Å². The van der Waals surface area contributed by atoms with Gasteiger partial charge in [-0.25, -0.2) is 4.79 Å². The van der Waals surface area contributed by atoms with Crippen LogP contribution in [-0.2, 0) is 11.2 Å². The molecule has 1 aliphatic heterocycles. The van der Waals surface area contributed by atoms with Crippen LogP contribution in [0.25, 0.3) is 0 Å². The summed E-state index contributed by atoms with van der Waals surface area (Å²) in [6.07, 6.45) is 8.12. The lowest BCUT2D eigenvalue weighted by Crippen LogP contribution is -2.50. The molecule has 1 aromatic carbocycles. The molecule has 2 N–H and O–H groups in total. The van der Waals surface area contributed by atoms with E-state index in [9.17, 15) is 9.59 Å². The molecule has 0 unspecified atom stereocenters. The molecule has 0 spiro atoms. The molecular weight excluding hydrogens is 362 g/mol. The number of piperidine rings is 1. The van der Waals surface area contributed by atoms with E-state index in [0.29, 0.717) is 19.6 Å². The second-order valence-corrected chi connectivity index (χ2v) is 8.15. The van der Waals surface area contributed by atoms with Crippen molar-refractivity contribution in [1.29, 1.82) is 0 Å². The Bertz CT molecular complexity index is 621. The largest absolute Gasteiger partial charge is 0.353 e. The van der Waals surface area contributed by atoms with Crippen LogP contribution in [0.15, 0.2) is 24.3 Å². The summed E-state index contributed by atoms with van der Waals surface area (Å²) >= 11 is 5.88. The maximum Gasteiger partial charge on any atom is 0.317 e. The van der Waals surface area contributed by atoms with E-state index in [1.54, 1.807) is 0 Å². The fourth-order valence-corrected chi connectivity index (χ4v) is 4.11. The maximum absolute atomic E-state index is 12.4. The lowest BCUT2D eigenvalue weighted by Gasteiger charge is -2.33. The summed E-state index contributed by atoms with van der Waals surface area (Å²) in [7, 11) is 0. The number of likely N-dealkylation sites (tertiary alicyclic amines) is 1. The van der Waals surface area contributed by atoms with Crippen molar-refractivity contribution in [1.82, 2.24) is 15.5 Å². The van der Waals surface area contributed by atoms with Crippen molar-refractivity contribution in [2.24, 2.45) is 5.92 Å². The third-order valence-electron chi connectivity index (χ3n) is 5.71. The van der Waals surface area contributed by atoms with E-state index < -0.39 is 0 Å². The molecule has 3 amide bonds. The van der Waals surface area contributed by atoms with Gasteiger partial charge in [0.2, 0.25) is 5.91 Å². The molecule has 0 radical (unpaired) electrons. The van der Waals surface area contributed by atoms with Gasteiger partial charge in [-0.1, -0.05) is 43.0 Å². The van der Waals surface area contributed by atoms with E-state index in [-0.39, 0.29) is 23.9 Å². The minimum absolute atomic E-state index is 0.0129. The van der Waals surface area contributed by atoms with Crippen LogP contribution in [0.3, 0.4) is 0 Å². The Morgan fingerprint density at radius 2 is 1.67 bits per heavy atom. The summed E-state index contributed by atoms with van der Waals surface area (Å²) in [6, 6.07) is 7.89. The monoisotopic (exact) mass is 391 g/mol. The van der Waals surface area contributed by atoms with Crippen LogP contribution >= 0.6 is 11.6 Å². The molecule has 2 fully saturated rings. The van der Waals surface area contributed by atoms with Gasteiger partial charge < -0.3 is 15.5 Å². The maximum atomic E-state index is 12.4. The first kappa shape index (κ1) is 20.0. The second-order valence-electron chi connectivity index (χ2n) is 7.71. The van der Waals surface area contributed by atoms with E-state index in [1.807, 2.05) is 29.2 Å². The molecule has 0 aromatic heterocycles. The topological polar surface area (TPSA) is 61.4 Å². The molecule has 0 atom stereocenters. The summed E-state index contributed by atoms with van der Waals surface area (Å²) in [5.74, 6) is 0.425. The number of amides is 3. The fraction of sp³-hybridized carbons (Fsp3) is 0.619. The molecule has 5 nitrogen and oxygen atoms in total. The number of rotatable bonds is 5. The minimum Gasteiger partial charge on any atom is -0.353 e. The number of nitrogens with zero attached hydrogens (tertiary/aromatic N) is 1. The number of nitrogens with one attached hydrogen (secondary N) is 2. The van der Waals surface area contributed by atoms with Crippen molar-refractivity contribution in [2.75, 3.05) is 19.6 Å². The molecule has 1 heterocycles. The normalized spacial score (nSPS) is 18.9. The van der Waals surface area contributed by atoms with Gasteiger partial charge in [-0.2, -0.15) is 0 Å². The summed E-state index contributed by atoms with van der Waals surface area (Å²) in [4.78, 5) is 26.5. The summed E-state index contributed by atoms with van der Waals surface area (Å²) in [6.45, 7) is 2.00. The number of halogens is 1.